The second-order valence-electron chi connectivity index (χ2n) is 4.46. The van der Waals surface area contributed by atoms with Gasteiger partial charge in [-0.05, 0) is 31.2 Å². The van der Waals surface area contributed by atoms with Gasteiger partial charge in [-0.1, -0.05) is 5.16 Å². The molecule has 6 heteroatoms. The third-order valence-electron chi connectivity index (χ3n) is 3.08. The molecule has 0 spiro atoms. The monoisotopic (exact) mass is 263 g/mol. The molecule has 0 saturated carbocycles. The molecule has 3 rings (SSSR count). The Bertz CT molecular complexity index is 555. The second kappa shape index (κ2) is 4.97. The predicted octanol–water partition coefficient (Wildman–Crippen LogP) is 2.10. The standard InChI is InChI=1S/C13H14FN3O2/c1-9-15-13(19-16-9)12-8-17(6-7-18-12)11-4-2-10(14)3-5-11/h2-5,12H,6-8H2,1H3. The Kier molecular flexibility index (Phi) is 3.16. The van der Waals surface area contributed by atoms with Gasteiger partial charge in [0.15, 0.2) is 11.9 Å². The summed E-state index contributed by atoms with van der Waals surface area (Å²) in [6.07, 6.45) is -0.236. The summed E-state index contributed by atoms with van der Waals surface area (Å²) in [6.45, 7) is 3.72. The minimum absolute atomic E-state index is 0.235. The molecule has 1 fully saturated rings. The number of aryl methyl sites for hydroxylation is 1. The Morgan fingerprint density at radius 3 is 2.79 bits per heavy atom. The minimum Gasteiger partial charge on any atom is -0.366 e. The molecular formula is C13H14FN3O2. The van der Waals surface area contributed by atoms with Crippen LogP contribution in [0.25, 0.3) is 0 Å². The molecule has 1 saturated heterocycles. The predicted molar refractivity (Wildman–Crippen MR) is 66.3 cm³/mol. The van der Waals surface area contributed by atoms with Crippen LogP contribution < -0.4 is 4.90 Å². The normalized spacial score (nSPS) is 19.7. The minimum atomic E-state index is -0.236. The molecular weight excluding hydrogens is 249 g/mol. The van der Waals surface area contributed by atoms with Crippen molar-refractivity contribution in [2.45, 2.75) is 13.0 Å². The van der Waals surface area contributed by atoms with Gasteiger partial charge in [0, 0.05) is 12.2 Å². The Hall–Kier alpha value is -1.95. The lowest BCUT2D eigenvalue weighted by atomic mass is 10.2. The molecule has 1 aromatic heterocycles. The maximum Gasteiger partial charge on any atom is 0.257 e. The van der Waals surface area contributed by atoms with Crippen LogP contribution in [0, 0.1) is 12.7 Å². The quantitative estimate of drug-likeness (QED) is 0.830. The summed E-state index contributed by atoms with van der Waals surface area (Å²) >= 11 is 0. The third kappa shape index (κ3) is 2.58. The highest BCUT2D eigenvalue weighted by molar-refractivity contribution is 5.46. The Morgan fingerprint density at radius 1 is 1.32 bits per heavy atom. The van der Waals surface area contributed by atoms with E-state index < -0.39 is 0 Å². The molecule has 0 bridgehead atoms. The van der Waals surface area contributed by atoms with Crippen molar-refractivity contribution >= 4 is 5.69 Å². The van der Waals surface area contributed by atoms with Crippen LogP contribution in [0.1, 0.15) is 17.8 Å². The van der Waals surface area contributed by atoms with Gasteiger partial charge in [0.05, 0.1) is 13.2 Å². The molecule has 0 N–H and O–H groups in total. The van der Waals surface area contributed by atoms with Crippen molar-refractivity contribution in [3.05, 3.63) is 41.8 Å². The number of anilines is 1. The summed E-state index contributed by atoms with van der Waals surface area (Å²) in [7, 11) is 0. The van der Waals surface area contributed by atoms with Crippen LogP contribution in [0.2, 0.25) is 0 Å². The van der Waals surface area contributed by atoms with E-state index in [-0.39, 0.29) is 11.9 Å². The van der Waals surface area contributed by atoms with E-state index in [9.17, 15) is 4.39 Å². The average molecular weight is 263 g/mol. The number of morpholine rings is 1. The van der Waals surface area contributed by atoms with Gasteiger partial charge in [0.1, 0.15) is 5.82 Å². The van der Waals surface area contributed by atoms with E-state index in [0.717, 1.165) is 12.2 Å². The van der Waals surface area contributed by atoms with E-state index >= 15 is 0 Å². The molecule has 0 amide bonds. The van der Waals surface area contributed by atoms with Crippen molar-refractivity contribution in [1.29, 1.82) is 0 Å². The zero-order valence-corrected chi connectivity index (χ0v) is 10.5. The highest BCUT2D eigenvalue weighted by Crippen LogP contribution is 2.25. The van der Waals surface area contributed by atoms with Crippen LogP contribution in [-0.2, 0) is 4.74 Å². The van der Waals surface area contributed by atoms with Crippen molar-refractivity contribution in [2.24, 2.45) is 0 Å². The molecule has 1 aliphatic rings. The van der Waals surface area contributed by atoms with Crippen LogP contribution in [0.4, 0.5) is 10.1 Å². The second-order valence-corrected chi connectivity index (χ2v) is 4.46. The number of benzene rings is 1. The smallest absolute Gasteiger partial charge is 0.257 e. The number of nitrogens with zero attached hydrogens (tertiary/aromatic N) is 3. The highest BCUT2D eigenvalue weighted by Gasteiger charge is 2.26. The SMILES string of the molecule is Cc1noc(C2CN(c3ccc(F)cc3)CCO2)n1. The van der Waals surface area contributed by atoms with Crippen LogP contribution >= 0.6 is 0 Å². The summed E-state index contributed by atoms with van der Waals surface area (Å²) in [6, 6.07) is 6.43. The van der Waals surface area contributed by atoms with Crippen molar-refractivity contribution in [2.75, 3.05) is 24.6 Å². The van der Waals surface area contributed by atoms with Crippen molar-refractivity contribution in [3.8, 4) is 0 Å². The van der Waals surface area contributed by atoms with E-state index in [1.807, 2.05) is 0 Å². The first-order chi connectivity index (χ1) is 9.22. The number of hydrogen-bond donors (Lipinski definition) is 0. The van der Waals surface area contributed by atoms with Crippen molar-refractivity contribution < 1.29 is 13.7 Å². The Labute approximate surface area is 110 Å². The third-order valence-corrected chi connectivity index (χ3v) is 3.08. The molecule has 0 radical (unpaired) electrons. The van der Waals surface area contributed by atoms with E-state index in [1.165, 1.54) is 12.1 Å². The van der Waals surface area contributed by atoms with Gasteiger partial charge in [0.2, 0.25) is 0 Å². The molecule has 19 heavy (non-hydrogen) atoms. The van der Waals surface area contributed by atoms with Crippen LogP contribution in [-0.4, -0.2) is 29.8 Å². The molecule has 2 heterocycles. The molecule has 1 unspecified atom stereocenters. The molecule has 0 aliphatic carbocycles. The summed E-state index contributed by atoms with van der Waals surface area (Å²) in [5, 5.41) is 3.77. The lowest BCUT2D eigenvalue weighted by Gasteiger charge is -2.32. The van der Waals surface area contributed by atoms with Crippen molar-refractivity contribution in [3.63, 3.8) is 0 Å². The molecule has 100 valence electrons. The lowest BCUT2D eigenvalue weighted by molar-refractivity contribution is 0.0186. The topological polar surface area (TPSA) is 51.4 Å². The van der Waals surface area contributed by atoms with Crippen LogP contribution in [0.5, 0.6) is 0 Å². The molecule has 1 atom stereocenters. The summed E-state index contributed by atoms with van der Waals surface area (Å²) in [4.78, 5) is 6.31. The van der Waals surface area contributed by atoms with Gasteiger partial charge in [0.25, 0.3) is 5.89 Å². The zero-order valence-electron chi connectivity index (χ0n) is 10.5. The Balaban J connectivity index is 1.76. The van der Waals surface area contributed by atoms with Gasteiger partial charge in [-0.15, -0.1) is 0 Å². The molecule has 5 nitrogen and oxygen atoms in total. The fourth-order valence-electron chi connectivity index (χ4n) is 2.13. The Morgan fingerprint density at radius 2 is 2.11 bits per heavy atom. The summed E-state index contributed by atoms with van der Waals surface area (Å²) in [5.74, 6) is 0.850. The van der Waals surface area contributed by atoms with Crippen molar-refractivity contribution in [1.82, 2.24) is 10.1 Å². The number of halogens is 1. The van der Waals surface area contributed by atoms with Gasteiger partial charge in [-0.2, -0.15) is 4.98 Å². The van der Waals surface area contributed by atoms with Gasteiger partial charge in [-0.3, -0.25) is 0 Å². The molecule has 1 aliphatic heterocycles. The largest absolute Gasteiger partial charge is 0.366 e. The summed E-state index contributed by atoms with van der Waals surface area (Å²) < 4.78 is 23.7. The zero-order chi connectivity index (χ0) is 13.2. The van der Waals surface area contributed by atoms with Crippen LogP contribution in [0.3, 0.4) is 0 Å². The van der Waals surface area contributed by atoms with Gasteiger partial charge >= 0.3 is 0 Å². The first-order valence-corrected chi connectivity index (χ1v) is 6.15. The average Bonchev–Trinajstić information content (AvgIpc) is 2.86. The van der Waals surface area contributed by atoms with Crippen LogP contribution in [0.15, 0.2) is 28.8 Å². The highest BCUT2D eigenvalue weighted by atomic mass is 19.1. The van der Waals surface area contributed by atoms with E-state index in [1.54, 1.807) is 19.1 Å². The lowest BCUT2D eigenvalue weighted by Crippen LogP contribution is -2.38. The number of ether oxygens (including phenoxy) is 1. The van der Waals surface area contributed by atoms with E-state index in [4.69, 9.17) is 9.26 Å². The first kappa shape index (κ1) is 12.1. The number of hydrogen-bond acceptors (Lipinski definition) is 5. The number of rotatable bonds is 2. The maximum absolute atomic E-state index is 12.9. The molecule has 2 aromatic rings. The van der Waals surface area contributed by atoms with E-state index in [2.05, 4.69) is 15.0 Å². The first-order valence-electron chi connectivity index (χ1n) is 6.15. The fraction of sp³-hybridized carbons (Fsp3) is 0.385. The van der Waals surface area contributed by atoms with Gasteiger partial charge in [-0.25, -0.2) is 4.39 Å². The van der Waals surface area contributed by atoms with Gasteiger partial charge < -0.3 is 14.2 Å². The molecule has 1 aromatic carbocycles. The number of aromatic nitrogens is 2. The summed E-state index contributed by atoms with van der Waals surface area (Å²) in [5.41, 5.74) is 0.964. The maximum atomic E-state index is 12.9. The van der Waals surface area contributed by atoms with E-state index in [0.29, 0.717) is 24.9 Å². The fourth-order valence-corrected chi connectivity index (χ4v) is 2.13.